The van der Waals surface area contributed by atoms with Gasteiger partial charge in [-0.25, -0.2) is 4.98 Å². The van der Waals surface area contributed by atoms with Crippen molar-refractivity contribution < 1.29 is 4.79 Å². The van der Waals surface area contributed by atoms with Gasteiger partial charge in [0.25, 0.3) is 5.91 Å². The summed E-state index contributed by atoms with van der Waals surface area (Å²) < 4.78 is 0. The fraction of sp³-hybridized carbons (Fsp3) is 0.182. The third-order valence-corrected chi connectivity index (χ3v) is 4.22. The van der Waals surface area contributed by atoms with Crippen LogP contribution < -0.4 is 10.6 Å². The van der Waals surface area contributed by atoms with Gasteiger partial charge < -0.3 is 10.6 Å². The predicted molar refractivity (Wildman–Crippen MR) is 105 cm³/mol. The van der Waals surface area contributed by atoms with Gasteiger partial charge in [-0.2, -0.15) is 0 Å². The van der Waals surface area contributed by atoms with E-state index >= 15 is 0 Å². The minimum Gasteiger partial charge on any atom is -0.380 e. The number of rotatable bonds is 6. The molecule has 0 aliphatic carbocycles. The maximum atomic E-state index is 12.4. The second-order valence-electron chi connectivity index (χ2n) is 6.38. The third-order valence-electron chi connectivity index (χ3n) is 4.22. The molecule has 26 heavy (non-hydrogen) atoms. The fourth-order valence-electron chi connectivity index (χ4n) is 2.75. The van der Waals surface area contributed by atoms with Crippen molar-refractivity contribution in [3.05, 3.63) is 95.3 Å². The molecule has 1 heterocycles. The highest BCUT2D eigenvalue weighted by atomic mass is 16.1. The number of hydrogen-bond donors (Lipinski definition) is 2. The molecule has 0 spiro atoms. The summed E-state index contributed by atoms with van der Waals surface area (Å²) in [5, 5.41) is 6.30. The van der Waals surface area contributed by atoms with Crippen LogP contribution >= 0.6 is 0 Å². The summed E-state index contributed by atoms with van der Waals surface area (Å²) in [7, 11) is 0. The van der Waals surface area contributed by atoms with Gasteiger partial charge in [0.15, 0.2) is 0 Å². The number of aryl methyl sites for hydroxylation is 1. The highest BCUT2D eigenvalue weighted by molar-refractivity contribution is 5.92. The summed E-state index contributed by atoms with van der Waals surface area (Å²) in [6.07, 6.45) is 1.69. The van der Waals surface area contributed by atoms with Crippen LogP contribution in [-0.2, 0) is 6.54 Å². The minimum absolute atomic E-state index is 0.0652. The zero-order valence-electron chi connectivity index (χ0n) is 15.1. The van der Waals surface area contributed by atoms with Crippen molar-refractivity contribution >= 4 is 11.6 Å². The molecule has 0 radical (unpaired) electrons. The number of benzene rings is 2. The Labute approximate surface area is 154 Å². The van der Waals surface area contributed by atoms with E-state index < -0.39 is 0 Å². The molecule has 2 N–H and O–H groups in total. The molecular formula is C22H23N3O. The summed E-state index contributed by atoms with van der Waals surface area (Å²) >= 11 is 0. The van der Waals surface area contributed by atoms with Gasteiger partial charge in [-0.1, -0.05) is 60.2 Å². The Morgan fingerprint density at radius 3 is 2.54 bits per heavy atom. The van der Waals surface area contributed by atoms with Gasteiger partial charge in [0.2, 0.25) is 0 Å². The molecular weight excluding hydrogens is 322 g/mol. The lowest BCUT2D eigenvalue weighted by Crippen LogP contribution is -2.27. The third kappa shape index (κ3) is 4.70. The Bertz CT molecular complexity index is 860. The second-order valence-corrected chi connectivity index (χ2v) is 6.38. The van der Waals surface area contributed by atoms with E-state index in [0.29, 0.717) is 5.69 Å². The van der Waals surface area contributed by atoms with Crippen LogP contribution in [0.1, 0.15) is 40.1 Å². The summed E-state index contributed by atoms with van der Waals surface area (Å²) in [6, 6.07) is 21.8. The summed E-state index contributed by atoms with van der Waals surface area (Å²) in [6.45, 7) is 4.76. The molecule has 0 aliphatic rings. The van der Waals surface area contributed by atoms with Crippen molar-refractivity contribution in [3.8, 4) is 0 Å². The van der Waals surface area contributed by atoms with Gasteiger partial charge in [0.1, 0.15) is 5.69 Å². The maximum Gasteiger partial charge on any atom is 0.270 e. The van der Waals surface area contributed by atoms with E-state index in [1.807, 2.05) is 49.4 Å². The molecule has 4 nitrogen and oxygen atoms in total. The molecule has 0 bridgehead atoms. The van der Waals surface area contributed by atoms with Gasteiger partial charge in [-0.05, 0) is 37.1 Å². The highest BCUT2D eigenvalue weighted by Crippen LogP contribution is 2.13. The molecule has 1 unspecified atom stereocenters. The van der Waals surface area contributed by atoms with E-state index in [0.717, 1.165) is 17.8 Å². The van der Waals surface area contributed by atoms with E-state index in [1.165, 1.54) is 11.1 Å². The highest BCUT2D eigenvalue weighted by Gasteiger charge is 2.12. The number of amides is 1. The fourth-order valence-corrected chi connectivity index (χ4v) is 2.75. The van der Waals surface area contributed by atoms with Gasteiger partial charge in [-0.3, -0.25) is 4.79 Å². The average molecular weight is 345 g/mol. The quantitative estimate of drug-likeness (QED) is 0.692. The molecule has 1 atom stereocenters. The molecule has 0 aliphatic heterocycles. The number of anilines is 1. The Balaban J connectivity index is 1.57. The first-order valence-electron chi connectivity index (χ1n) is 8.73. The molecule has 1 aromatic heterocycles. The first-order chi connectivity index (χ1) is 12.6. The summed E-state index contributed by atoms with van der Waals surface area (Å²) in [5.41, 5.74) is 4.82. The number of hydrogen-bond acceptors (Lipinski definition) is 3. The van der Waals surface area contributed by atoms with Crippen LogP contribution in [0.3, 0.4) is 0 Å². The van der Waals surface area contributed by atoms with E-state index in [-0.39, 0.29) is 11.9 Å². The zero-order chi connectivity index (χ0) is 18.4. The van der Waals surface area contributed by atoms with Crippen LogP contribution in [0.2, 0.25) is 0 Å². The molecule has 0 saturated heterocycles. The molecule has 3 rings (SSSR count). The standard InChI is InChI=1S/C22H23N3O/c1-16-7-6-8-18(13-16)14-23-20-11-12-21(24-15-20)22(26)25-17(2)19-9-4-3-5-10-19/h3-13,15,17,23H,14H2,1-2H3,(H,25,26). The lowest BCUT2D eigenvalue weighted by atomic mass is 10.1. The average Bonchev–Trinajstić information content (AvgIpc) is 2.67. The summed E-state index contributed by atoms with van der Waals surface area (Å²) in [4.78, 5) is 16.6. The van der Waals surface area contributed by atoms with Crippen molar-refractivity contribution in [2.24, 2.45) is 0 Å². The van der Waals surface area contributed by atoms with Crippen LogP contribution in [0.15, 0.2) is 72.9 Å². The number of aromatic nitrogens is 1. The van der Waals surface area contributed by atoms with E-state index in [2.05, 4.69) is 40.7 Å². The lowest BCUT2D eigenvalue weighted by molar-refractivity contribution is 0.0935. The topological polar surface area (TPSA) is 54.0 Å². The zero-order valence-corrected chi connectivity index (χ0v) is 15.1. The van der Waals surface area contributed by atoms with Gasteiger partial charge in [0, 0.05) is 6.54 Å². The van der Waals surface area contributed by atoms with Crippen LogP contribution in [0.5, 0.6) is 0 Å². The van der Waals surface area contributed by atoms with Gasteiger partial charge >= 0.3 is 0 Å². The monoisotopic (exact) mass is 345 g/mol. The minimum atomic E-state index is -0.174. The van der Waals surface area contributed by atoms with Crippen LogP contribution in [0.25, 0.3) is 0 Å². The first kappa shape index (κ1) is 17.7. The smallest absolute Gasteiger partial charge is 0.270 e. The van der Waals surface area contributed by atoms with Crippen molar-refractivity contribution in [1.82, 2.24) is 10.3 Å². The van der Waals surface area contributed by atoms with Crippen LogP contribution in [-0.4, -0.2) is 10.9 Å². The number of carbonyl (C=O) groups excluding carboxylic acids is 1. The normalized spacial score (nSPS) is 11.6. The number of nitrogens with zero attached hydrogens (tertiary/aromatic N) is 1. The SMILES string of the molecule is Cc1cccc(CNc2ccc(C(=O)NC(C)c3ccccc3)nc2)c1. The Kier molecular flexibility index (Phi) is 5.64. The van der Waals surface area contributed by atoms with Crippen LogP contribution in [0.4, 0.5) is 5.69 Å². The second kappa shape index (κ2) is 8.30. The number of nitrogens with one attached hydrogen (secondary N) is 2. The number of carbonyl (C=O) groups is 1. The molecule has 0 saturated carbocycles. The Morgan fingerprint density at radius 2 is 1.85 bits per heavy atom. The maximum absolute atomic E-state index is 12.4. The van der Waals surface area contributed by atoms with E-state index in [1.54, 1.807) is 12.3 Å². The van der Waals surface area contributed by atoms with Crippen molar-refractivity contribution in [1.29, 1.82) is 0 Å². The first-order valence-corrected chi connectivity index (χ1v) is 8.73. The lowest BCUT2D eigenvalue weighted by Gasteiger charge is -2.14. The molecule has 1 amide bonds. The van der Waals surface area contributed by atoms with Crippen molar-refractivity contribution in [2.45, 2.75) is 26.4 Å². The van der Waals surface area contributed by atoms with Gasteiger partial charge in [0.05, 0.1) is 17.9 Å². The van der Waals surface area contributed by atoms with Crippen molar-refractivity contribution in [3.63, 3.8) is 0 Å². The Hall–Kier alpha value is -3.14. The molecule has 2 aromatic carbocycles. The van der Waals surface area contributed by atoms with E-state index in [4.69, 9.17) is 0 Å². The molecule has 0 fully saturated rings. The molecule has 132 valence electrons. The largest absolute Gasteiger partial charge is 0.380 e. The molecule has 3 aromatic rings. The van der Waals surface area contributed by atoms with Gasteiger partial charge in [-0.15, -0.1) is 0 Å². The summed E-state index contributed by atoms with van der Waals surface area (Å²) in [5.74, 6) is -0.174. The Morgan fingerprint density at radius 1 is 1.04 bits per heavy atom. The molecule has 4 heteroatoms. The predicted octanol–water partition coefficient (Wildman–Crippen LogP) is 4.49. The number of pyridine rings is 1. The van der Waals surface area contributed by atoms with Crippen molar-refractivity contribution in [2.75, 3.05) is 5.32 Å². The van der Waals surface area contributed by atoms with E-state index in [9.17, 15) is 4.79 Å². The van der Waals surface area contributed by atoms with Crippen LogP contribution in [0, 0.1) is 6.92 Å².